The molecule has 1 saturated carbocycles. The number of rotatable bonds is 6. The molecule has 1 spiro atoms. The maximum Gasteiger partial charge on any atom is 0.307 e. The number of carbonyl (C=O) groups is 1. The first-order chi connectivity index (χ1) is 18.5. The Labute approximate surface area is 218 Å². The van der Waals surface area contributed by atoms with Crippen LogP contribution in [0.5, 0.6) is 0 Å². The summed E-state index contributed by atoms with van der Waals surface area (Å²) < 4.78 is 0. The lowest BCUT2D eigenvalue weighted by Gasteiger charge is -2.32. The van der Waals surface area contributed by atoms with Gasteiger partial charge in [0, 0.05) is 44.5 Å². The van der Waals surface area contributed by atoms with Gasteiger partial charge in [-0.3, -0.25) is 14.4 Å². The Morgan fingerprint density at radius 3 is 2.66 bits per heavy atom. The van der Waals surface area contributed by atoms with Gasteiger partial charge in [0.05, 0.1) is 12.1 Å². The van der Waals surface area contributed by atoms with E-state index in [0.29, 0.717) is 42.4 Å². The fourth-order valence-electron chi connectivity index (χ4n) is 5.75. The molecule has 0 bridgehead atoms. The van der Waals surface area contributed by atoms with Crippen LogP contribution in [-0.2, 0) is 4.79 Å². The van der Waals surface area contributed by atoms with Gasteiger partial charge in [-0.2, -0.15) is 10.1 Å². The van der Waals surface area contributed by atoms with E-state index in [-0.39, 0.29) is 22.9 Å². The third-order valence-electron chi connectivity index (χ3n) is 8.13. The van der Waals surface area contributed by atoms with E-state index in [1.165, 1.54) is 6.20 Å². The number of aromatic amines is 1. The maximum atomic E-state index is 12.6. The second-order valence-corrected chi connectivity index (χ2v) is 10.4. The standard InChI is InChI=1S/C26H29N9O3/c1-27-15-34-8-10-35(11-9-34)25-31-20-13-29-33-23(36)21(20)22(32-25)30-17-4-2-16(3-5-17)19-6-7-26(14-28-19)12-18(26)24(37)38/h2-5,13,18-19,28H,6-12,14-15H2,(H,33,36)(H,37,38)(H,30,31,32). The molecule has 12 nitrogen and oxygen atoms in total. The van der Waals surface area contributed by atoms with E-state index >= 15 is 0 Å². The van der Waals surface area contributed by atoms with Crippen molar-refractivity contribution in [1.82, 2.24) is 30.4 Å². The van der Waals surface area contributed by atoms with Crippen LogP contribution in [0.4, 0.5) is 17.5 Å². The number of nitrogens with zero attached hydrogens (tertiary/aromatic N) is 6. The summed E-state index contributed by atoms with van der Waals surface area (Å²) in [5.41, 5.74) is 1.96. The second-order valence-electron chi connectivity index (χ2n) is 10.4. The van der Waals surface area contributed by atoms with Crippen LogP contribution in [0, 0.1) is 17.9 Å². The van der Waals surface area contributed by atoms with Crippen LogP contribution in [0.2, 0.25) is 0 Å². The summed E-state index contributed by atoms with van der Waals surface area (Å²) in [6, 6.07) is 8.21. The highest BCUT2D eigenvalue weighted by atomic mass is 16.4. The van der Waals surface area contributed by atoms with Crippen LogP contribution in [0.1, 0.15) is 30.9 Å². The smallest absolute Gasteiger partial charge is 0.307 e. The molecule has 2 aromatic heterocycles. The van der Waals surface area contributed by atoms with Crippen LogP contribution >= 0.6 is 0 Å². The van der Waals surface area contributed by atoms with Crippen molar-refractivity contribution in [2.24, 2.45) is 11.3 Å². The lowest BCUT2D eigenvalue weighted by atomic mass is 9.87. The lowest BCUT2D eigenvalue weighted by Crippen LogP contribution is -2.46. The molecule has 3 aliphatic rings. The normalized spacial score (nSPS) is 25.3. The summed E-state index contributed by atoms with van der Waals surface area (Å²) in [7, 11) is 0. The Balaban J connectivity index is 1.19. The van der Waals surface area contributed by atoms with E-state index in [9.17, 15) is 14.7 Å². The number of hydrogen-bond acceptors (Lipinski definition) is 9. The molecule has 6 rings (SSSR count). The Morgan fingerprint density at radius 2 is 2.00 bits per heavy atom. The fraction of sp³-hybridized carbons (Fsp3) is 0.462. The predicted octanol–water partition coefficient (Wildman–Crippen LogP) is 1.97. The molecule has 3 aromatic rings. The van der Waals surface area contributed by atoms with Gasteiger partial charge >= 0.3 is 5.97 Å². The van der Waals surface area contributed by atoms with Gasteiger partial charge < -0.3 is 20.6 Å². The minimum absolute atomic E-state index is 0.0683. The van der Waals surface area contributed by atoms with E-state index in [4.69, 9.17) is 11.6 Å². The number of carboxylic acid groups (broad SMARTS) is 1. The number of piperidine rings is 1. The molecule has 2 saturated heterocycles. The summed E-state index contributed by atoms with van der Waals surface area (Å²) in [5, 5.41) is 22.9. The Morgan fingerprint density at radius 1 is 1.21 bits per heavy atom. The highest BCUT2D eigenvalue weighted by Gasteiger charge is 2.59. The summed E-state index contributed by atoms with van der Waals surface area (Å²) in [5.74, 6) is 0.0388. The molecule has 196 valence electrons. The van der Waals surface area contributed by atoms with E-state index in [2.05, 4.69) is 40.5 Å². The quantitative estimate of drug-likeness (QED) is 0.360. The number of fused-ring (bicyclic) bond motifs is 1. The SMILES string of the molecule is [C-]#[N+]CN1CCN(c2nc(Nc3ccc(C4CCC5(CN4)CC5C(=O)O)cc3)c3c(=O)[nH]ncc3n2)CC1. The van der Waals surface area contributed by atoms with Gasteiger partial charge in [-0.25, -0.2) is 21.6 Å². The van der Waals surface area contributed by atoms with E-state index < -0.39 is 5.97 Å². The predicted molar refractivity (Wildman–Crippen MR) is 141 cm³/mol. The van der Waals surface area contributed by atoms with Crippen molar-refractivity contribution in [1.29, 1.82) is 0 Å². The molecule has 12 heteroatoms. The zero-order chi connectivity index (χ0) is 26.3. The van der Waals surface area contributed by atoms with Crippen molar-refractivity contribution in [2.45, 2.75) is 25.3 Å². The van der Waals surface area contributed by atoms with E-state index in [1.54, 1.807) is 0 Å². The zero-order valence-electron chi connectivity index (χ0n) is 20.9. The van der Waals surface area contributed by atoms with Crippen molar-refractivity contribution in [3.63, 3.8) is 0 Å². The van der Waals surface area contributed by atoms with Crippen molar-refractivity contribution in [3.8, 4) is 0 Å². The number of H-pyrrole nitrogens is 1. The van der Waals surface area contributed by atoms with Crippen LogP contribution in [0.15, 0.2) is 35.3 Å². The summed E-state index contributed by atoms with van der Waals surface area (Å²) in [4.78, 5) is 40.9. The number of anilines is 3. The number of aliphatic carboxylic acids is 1. The second kappa shape index (κ2) is 9.66. The molecule has 3 unspecified atom stereocenters. The van der Waals surface area contributed by atoms with E-state index in [0.717, 1.165) is 50.1 Å². The third kappa shape index (κ3) is 4.55. The van der Waals surface area contributed by atoms with Crippen molar-refractivity contribution < 1.29 is 9.90 Å². The first-order valence-corrected chi connectivity index (χ1v) is 12.8. The number of benzene rings is 1. The molecule has 3 atom stereocenters. The van der Waals surface area contributed by atoms with Gasteiger partial charge in [0.1, 0.15) is 16.7 Å². The molecule has 4 N–H and O–H groups in total. The highest BCUT2D eigenvalue weighted by molar-refractivity contribution is 5.90. The van der Waals surface area contributed by atoms with Crippen LogP contribution in [-0.4, -0.2) is 75.5 Å². The Hall–Kier alpha value is -4.08. The first kappa shape index (κ1) is 24.3. The number of carboxylic acids is 1. The molecule has 2 aliphatic heterocycles. The van der Waals surface area contributed by atoms with Crippen LogP contribution in [0.3, 0.4) is 0 Å². The zero-order valence-corrected chi connectivity index (χ0v) is 20.9. The minimum atomic E-state index is -0.682. The van der Waals surface area contributed by atoms with Gasteiger partial charge in [-0.05, 0) is 42.4 Å². The third-order valence-corrected chi connectivity index (χ3v) is 8.13. The lowest BCUT2D eigenvalue weighted by molar-refractivity contribution is -0.139. The van der Waals surface area contributed by atoms with Gasteiger partial charge in [0.2, 0.25) is 5.95 Å². The first-order valence-electron chi connectivity index (χ1n) is 12.8. The summed E-state index contributed by atoms with van der Waals surface area (Å²) in [6.45, 7) is 11.1. The van der Waals surface area contributed by atoms with Crippen LogP contribution in [0.25, 0.3) is 15.7 Å². The van der Waals surface area contributed by atoms with E-state index in [1.807, 2.05) is 24.3 Å². The molecule has 38 heavy (non-hydrogen) atoms. The highest BCUT2D eigenvalue weighted by Crippen LogP contribution is 2.58. The number of hydrogen-bond donors (Lipinski definition) is 4. The number of piperazine rings is 1. The minimum Gasteiger partial charge on any atom is -0.481 e. The Kier molecular flexibility index (Phi) is 6.17. The summed E-state index contributed by atoms with van der Waals surface area (Å²) >= 11 is 0. The monoisotopic (exact) mass is 515 g/mol. The van der Waals surface area contributed by atoms with Gasteiger partial charge in [0.25, 0.3) is 12.2 Å². The average molecular weight is 516 g/mol. The Bertz CT molecular complexity index is 1450. The molecule has 1 aliphatic carbocycles. The fourth-order valence-corrected chi connectivity index (χ4v) is 5.75. The van der Waals surface area contributed by atoms with Crippen molar-refractivity contribution in [3.05, 3.63) is 57.8 Å². The van der Waals surface area contributed by atoms with Gasteiger partial charge in [0.15, 0.2) is 0 Å². The maximum absolute atomic E-state index is 12.6. The summed E-state index contributed by atoms with van der Waals surface area (Å²) in [6.07, 6.45) is 4.12. The molecule has 1 aromatic carbocycles. The molecule has 0 radical (unpaired) electrons. The molecule has 4 heterocycles. The van der Waals surface area contributed by atoms with Gasteiger partial charge in [-0.1, -0.05) is 12.1 Å². The molecule has 3 fully saturated rings. The van der Waals surface area contributed by atoms with Crippen LogP contribution < -0.4 is 21.1 Å². The number of nitrogens with one attached hydrogen (secondary N) is 3. The van der Waals surface area contributed by atoms with Crippen molar-refractivity contribution in [2.75, 3.05) is 49.6 Å². The molecular formula is C26H29N9O3. The molecule has 0 amide bonds. The average Bonchev–Trinajstić information content (AvgIpc) is 3.63. The topological polar surface area (TPSA) is 144 Å². The largest absolute Gasteiger partial charge is 0.481 e. The number of aromatic nitrogens is 4. The molecular weight excluding hydrogens is 486 g/mol. The van der Waals surface area contributed by atoms with Gasteiger partial charge in [-0.15, -0.1) is 0 Å². The van der Waals surface area contributed by atoms with Crippen molar-refractivity contribution >= 4 is 34.3 Å².